The Morgan fingerprint density at radius 1 is 1.21 bits per heavy atom. The monoisotopic (exact) mass is 454 g/mol. The van der Waals surface area contributed by atoms with E-state index in [9.17, 15) is 10.1 Å². The van der Waals surface area contributed by atoms with Crippen molar-refractivity contribution in [1.29, 1.82) is 0 Å². The minimum absolute atomic E-state index is 0.0126. The van der Waals surface area contributed by atoms with Gasteiger partial charge >= 0.3 is 5.69 Å². The highest BCUT2D eigenvalue weighted by molar-refractivity contribution is 5.69. The van der Waals surface area contributed by atoms with Crippen molar-refractivity contribution in [3.05, 3.63) is 51.3 Å². The summed E-state index contributed by atoms with van der Waals surface area (Å²) in [6.07, 6.45) is 4.98. The summed E-state index contributed by atoms with van der Waals surface area (Å²) < 4.78 is 12.5. The van der Waals surface area contributed by atoms with Crippen molar-refractivity contribution in [2.24, 2.45) is 0 Å². The SMILES string of the molecule is COc1cc(OC)cc([C@@H]2CCCc3c(-c4nn(CCN(C)C)cc4[N+](=O)[O-])n[nH]c3C2)c1. The average Bonchev–Trinajstić information content (AvgIpc) is 3.34. The van der Waals surface area contributed by atoms with Crippen molar-refractivity contribution in [3.63, 3.8) is 0 Å². The zero-order valence-corrected chi connectivity index (χ0v) is 19.5. The Balaban J connectivity index is 1.66. The Morgan fingerprint density at radius 2 is 1.94 bits per heavy atom. The molecule has 4 rings (SSSR count). The van der Waals surface area contributed by atoms with Crippen LogP contribution in [0.5, 0.6) is 11.5 Å². The second-order valence-electron chi connectivity index (χ2n) is 8.66. The van der Waals surface area contributed by atoms with Gasteiger partial charge in [0.15, 0.2) is 5.69 Å². The van der Waals surface area contributed by atoms with Crippen molar-refractivity contribution in [3.8, 4) is 22.9 Å². The lowest BCUT2D eigenvalue weighted by Gasteiger charge is -2.17. The number of hydrogen-bond acceptors (Lipinski definition) is 7. The highest BCUT2D eigenvalue weighted by Crippen LogP contribution is 2.38. The topological polar surface area (TPSA) is 111 Å². The fourth-order valence-corrected chi connectivity index (χ4v) is 4.39. The second kappa shape index (κ2) is 9.62. The van der Waals surface area contributed by atoms with Crippen molar-refractivity contribution in [2.75, 3.05) is 34.9 Å². The van der Waals surface area contributed by atoms with Crippen LogP contribution in [0.25, 0.3) is 11.4 Å². The van der Waals surface area contributed by atoms with Crippen LogP contribution < -0.4 is 9.47 Å². The van der Waals surface area contributed by atoms with E-state index >= 15 is 0 Å². The molecular formula is C23H30N6O4. The van der Waals surface area contributed by atoms with E-state index in [1.807, 2.05) is 37.2 Å². The van der Waals surface area contributed by atoms with Gasteiger partial charge in [-0.2, -0.15) is 10.2 Å². The number of nitro groups is 1. The molecule has 0 fully saturated rings. The number of methoxy groups -OCH3 is 2. The van der Waals surface area contributed by atoms with Crippen molar-refractivity contribution in [2.45, 2.75) is 38.1 Å². The number of hydrogen-bond donors (Lipinski definition) is 1. The first-order valence-corrected chi connectivity index (χ1v) is 11.1. The van der Waals surface area contributed by atoms with E-state index in [2.05, 4.69) is 15.3 Å². The normalized spacial score (nSPS) is 15.8. The molecule has 0 unspecified atom stereocenters. The molecule has 10 nitrogen and oxygen atoms in total. The van der Waals surface area contributed by atoms with Crippen molar-refractivity contribution >= 4 is 5.69 Å². The number of aromatic amines is 1. The number of fused-ring (bicyclic) bond motifs is 1. The maximum atomic E-state index is 11.7. The minimum Gasteiger partial charge on any atom is -0.497 e. The van der Waals surface area contributed by atoms with Gasteiger partial charge in [0.25, 0.3) is 0 Å². The lowest BCUT2D eigenvalue weighted by atomic mass is 9.91. The van der Waals surface area contributed by atoms with Gasteiger partial charge in [-0.3, -0.25) is 19.9 Å². The molecule has 1 aromatic carbocycles. The Bertz CT molecular complexity index is 1110. The number of nitrogens with one attached hydrogen (secondary N) is 1. The molecule has 176 valence electrons. The highest BCUT2D eigenvalue weighted by Gasteiger charge is 2.29. The molecule has 33 heavy (non-hydrogen) atoms. The number of likely N-dealkylation sites (N-methyl/N-ethyl adjacent to an activating group) is 1. The first kappa shape index (κ1) is 22.8. The van der Waals surface area contributed by atoms with E-state index in [1.54, 1.807) is 18.9 Å². The molecule has 0 saturated carbocycles. The van der Waals surface area contributed by atoms with Crippen LogP contribution >= 0.6 is 0 Å². The van der Waals surface area contributed by atoms with Gasteiger partial charge in [-0.25, -0.2) is 0 Å². The predicted octanol–water partition coefficient (Wildman–Crippen LogP) is 3.42. The van der Waals surface area contributed by atoms with Gasteiger partial charge in [0.2, 0.25) is 0 Å². The van der Waals surface area contributed by atoms with Crippen LogP contribution in [0.2, 0.25) is 0 Å². The highest BCUT2D eigenvalue weighted by atomic mass is 16.6. The van der Waals surface area contributed by atoms with Crippen LogP contribution in [0.3, 0.4) is 0 Å². The molecule has 1 atom stereocenters. The number of aromatic nitrogens is 4. The van der Waals surface area contributed by atoms with Crippen LogP contribution in [0, 0.1) is 10.1 Å². The predicted molar refractivity (Wildman–Crippen MR) is 124 cm³/mol. The van der Waals surface area contributed by atoms with Crippen molar-refractivity contribution < 1.29 is 14.4 Å². The molecule has 0 spiro atoms. The van der Waals surface area contributed by atoms with Crippen LogP contribution in [-0.2, 0) is 19.4 Å². The number of ether oxygens (including phenoxy) is 2. The van der Waals surface area contributed by atoms with Crippen molar-refractivity contribution in [1.82, 2.24) is 24.9 Å². The Morgan fingerprint density at radius 3 is 2.58 bits per heavy atom. The maximum Gasteiger partial charge on any atom is 0.316 e. The van der Waals surface area contributed by atoms with Crippen LogP contribution in [0.15, 0.2) is 24.4 Å². The molecule has 0 bridgehead atoms. The van der Waals surface area contributed by atoms with Crippen LogP contribution in [0.4, 0.5) is 5.69 Å². The fourth-order valence-electron chi connectivity index (χ4n) is 4.39. The third-order valence-corrected chi connectivity index (χ3v) is 6.17. The molecule has 0 amide bonds. The first-order valence-electron chi connectivity index (χ1n) is 11.1. The molecule has 1 aliphatic carbocycles. The first-order chi connectivity index (χ1) is 15.9. The summed E-state index contributed by atoms with van der Waals surface area (Å²) in [4.78, 5) is 13.4. The molecule has 0 aliphatic heterocycles. The molecule has 0 radical (unpaired) electrons. The van der Waals surface area contributed by atoms with E-state index in [1.165, 1.54) is 6.20 Å². The standard InChI is InChI=1S/C23H30N6O4/c1-27(2)8-9-28-14-21(29(30)31)23(26-28)22-19-7-5-6-15(12-20(19)24-25-22)16-10-17(32-3)13-18(11-16)33-4/h10-11,13-15H,5-9,12H2,1-4H3,(H,24,25)/t15-/m1/s1. The van der Waals surface area contributed by atoms with E-state index < -0.39 is 0 Å². The van der Waals surface area contributed by atoms with E-state index in [0.29, 0.717) is 17.9 Å². The van der Waals surface area contributed by atoms with Crippen LogP contribution in [-0.4, -0.2) is 64.7 Å². The summed E-state index contributed by atoms with van der Waals surface area (Å²) in [5.41, 5.74) is 4.08. The minimum atomic E-state index is -0.377. The van der Waals surface area contributed by atoms with Gasteiger partial charge in [-0.15, -0.1) is 0 Å². The molecule has 10 heteroatoms. The Labute approximate surface area is 192 Å². The molecule has 0 saturated heterocycles. The van der Waals surface area contributed by atoms with Gasteiger partial charge in [0, 0.05) is 23.9 Å². The number of rotatable bonds is 8. The van der Waals surface area contributed by atoms with Gasteiger partial charge in [-0.05, 0) is 63.4 Å². The molecule has 1 aliphatic rings. The number of H-pyrrole nitrogens is 1. The van der Waals surface area contributed by atoms with E-state index in [-0.39, 0.29) is 16.5 Å². The second-order valence-corrected chi connectivity index (χ2v) is 8.66. The quantitative estimate of drug-likeness (QED) is 0.315. The Kier molecular flexibility index (Phi) is 6.64. The largest absolute Gasteiger partial charge is 0.497 e. The molecule has 1 N–H and O–H groups in total. The number of benzene rings is 1. The molecule has 2 heterocycles. The van der Waals surface area contributed by atoms with Gasteiger partial charge in [-0.1, -0.05) is 0 Å². The zero-order chi connectivity index (χ0) is 23.5. The zero-order valence-electron chi connectivity index (χ0n) is 19.5. The summed E-state index contributed by atoms with van der Waals surface area (Å²) in [6, 6.07) is 5.96. The third kappa shape index (κ3) is 4.85. The van der Waals surface area contributed by atoms with Gasteiger partial charge < -0.3 is 14.4 Å². The van der Waals surface area contributed by atoms with E-state index in [4.69, 9.17) is 9.47 Å². The van der Waals surface area contributed by atoms with Gasteiger partial charge in [0.1, 0.15) is 23.4 Å². The lowest BCUT2D eigenvalue weighted by Crippen LogP contribution is -2.18. The van der Waals surface area contributed by atoms with E-state index in [0.717, 1.165) is 60.5 Å². The molecule has 3 aromatic rings. The van der Waals surface area contributed by atoms with Crippen LogP contribution in [0.1, 0.15) is 35.6 Å². The van der Waals surface area contributed by atoms with Gasteiger partial charge in [0.05, 0.1) is 25.7 Å². The molecule has 2 aromatic heterocycles. The lowest BCUT2D eigenvalue weighted by molar-refractivity contribution is -0.384. The smallest absolute Gasteiger partial charge is 0.316 e. The Hall–Kier alpha value is -3.40. The fraction of sp³-hybridized carbons (Fsp3) is 0.478. The number of nitrogens with zero attached hydrogens (tertiary/aromatic N) is 5. The summed E-state index contributed by atoms with van der Waals surface area (Å²) in [5, 5.41) is 23.9. The summed E-state index contributed by atoms with van der Waals surface area (Å²) in [7, 11) is 7.21. The average molecular weight is 455 g/mol. The summed E-state index contributed by atoms with van der Waals surface area (Å²) >= 11 is 0. The summed E-state index contributed by atoms with van der Waals surface area (Å²) in [6.45, 7) is 1.31. The molecular weight excluding hydrogens is 424 g/mol. The summed E-state index contributed by atoms with van der Waals surface area (Å²) in [5.74, 6) is 1.78. The third-order valence-electron chi connectivity index (χ3n) is 6.17. The maximum absolute atomic E-state index is 11.7.